The second-order valence-electron chi connectivity index (χ2n) is 4.99. The first-order valence-corrected chi connectivity index (χ1v) is 7.57. The van der Waals surface area contributed by atoms with Gasteiger partial charge in [0.05, 0.1) is 12.7 Å². The molecule has 1 N–H and O–H groups in total. The molecule has 0 bridgehead atoms. The van der Waals surface area contributed by atoms with Gasteiger partial charge in [0.2, 0.25) is 0 Å². The van der Waals surface area contributed by atoms with E-state index in [1.165, 1.54) is 38.5 Å². The SMILES string of the molecule is CCCCCCCCCOCC(O)CCCC. The van der Waals surface area contributed by atoms with Crippen LogP contribution in [0.5, 0.6) is 0 Å². The van der Waals surface area contributed by atoms with E-state index in [0.29, 0.717) is 6.61 Å². The van der Waals surface area contributed by atoms with Crippen molar-refractivity contribution in [3.05, 3.63) is 0 Å². The molecule has 0 saturated heterocycles. The first-order chi connectivity index (χ1) is 8.31. The molecule has 1 atom stereocenters. The van der Waals surface area contributed by atoms with Crippen LogP contribution in [0.15, 0.2) is 0 Å². The first-order valence-electron chi connectivity index (χ1n) is 7.57. The fourth-order valence-corrected chi connectivity index (χ4v) is 1.90. The minimum Gasteiger partial charge on any atom is -0.391 e. The molecule has 104 valence electrons. The Labute approximate surface area is 108 Å². The summed E-state index contributed by atoms with van der Waals surface area (Å²) in [5, 5.41) is 9.56. The van der Waals surface area contributed by atoms with Crippen LogP contribution in [-0.4, -0.2) is 24.4 Å². The number of hydrogen-bond donors (Lipinski definition) is 1. The Hall–Kier alpha value is -0.0800. The summed E-state index contributed by atoms with van der Waals surface area (Å²) >= 11 is 0. The summed E-state index contributed by atoms with van der Waals surface area (Å²) in [4.78, 5) is 0. The van der Waals surface area contributed by atoms with Crippen molar-refractivity contribution in [2.75, 3.05) is 13.2 Å². The molecule has 0 saturated carbocycles. The third-order valence-electron chi connectivity index (χ3n) is 3.09. The molecule has 0 radical (unpaired) electrons. The third kappa shape index (κ3) is 13.9. The van der Waals surface area contributed by atoms with Gasteiger partial charge in [-0.05, 0) is 12.8 Å². The van der Waals surface area contributed by atoms with Gasteiger partial charge in [0, 0.05) is 6.61 Å². The third-order valence-corrected chi connectivity index (χ3v) is 3.09. The standard InChI is InChI=1S/C15H32O2/c1-3-5-7-8-9-10-11-13-17-14-15(16)12-6-4-2/h15-16H,3-14H2,1-2H3. The van der Waals surface area contributed by atoms with Crippen molar-refractivity contribution in [1.29, 1.82) is 0 Å². The molecule has 0 aromatic carbocycles. The Morgan fingerprint density at radius 2 is 1.41 bits per heavy atom. The highest BCUT2D eigenvalue weighted by Gasteiger charge is 2.02. The van der Waals surface area contributed by atoms with Crippen LogP contribution in [0, 0.1) is 0 Å². The Morgan fingerprint density at radius 3 is 2.06 bits per heavy atom. The highest BCUT2D eigenvalue weighted by atomic mass is 16.5. The number of hydrogen-bond acceptors (Lipinski definition) is 2. The minimum absolute atomic E-state index is 0.250. The number of aliphatic hydroxyl groups is 1. The van der Waals surface area contributed by atoms with Crippen molar-refractivity contribution in [1.82, 2.24) is 0 Å². The van der Waals surface area contributed by atoms with Crippen molar-refractivity contribution in [2.45, 2.75) is 84.2 Å². The van der Waals surface area contributed by atoms with Gasteiger partial charge in [-0.2, -0.15) is 0 Å². The second-order valence-corrected chi connectivity index (χ2v) is 4.99. The maximum absolute atomic E-state index is 9.56. The zero-order chi connectivity index (χ0) is 12.8. The topological polar surface area (TPSA) is 29.5 Å². The maximum atomic E-state index is 9.56. The monoisotopic (exact) mass is 244 g/mol. The van der Waals surface area contributed by atoms with Gasteiger partial charge < -0.3 is 9.84 Å². The lowest BCUT2D eigenvalue weighted by molar-refractivity contribution is 0.0300. The number of unbranched alkanes of at least 4 members (excludes halogenated alkanes) is 7. The van der Waals surface area contributed by atoms with Gasteiger partial charge in [-0.15, -0.1) is 0 Å². The smallest absolute Gasteiger partial charge is 0.0773 e. The van der Waals surface area contributed by atoms with E-state index in [9.17, 15) is 5.11 Å². The number of rotatable bonds is 13. The van der Waals surface area contributed by atoms with Crippen LogP contribution in [0.1, 0.15) is 78.1 Å². The molecule has 0 rings (SSSR count). The highest BCUT2D eigenvalue weighted by molar-refractivity contribution is 4.53. The quantitative estimate of drug-likeness (QED) is 0.489. The van der Waals surface area contributed by atoms with E-state index in [-0.39, 0.29) is 6.10 Å². The summed E-state index contributed by atoms with van der Waals surface area (Å²) < 4.78 is 5.47. The van der Waals surface area contributed by atoms with Crippen LogP contribution in [-0.2, 0) is 4.74 Å². The van der Waals surface area contributed by atoms with Crippen LogP contribution < -0.4 is 0 Å². The van der Waals surface area contributed by atoms with E-state index < -0.39 is 0 Å². The molecule has 0 fully saturated rings. The van der Waals surface area contributed by atoms with E-state index >= 15 is 0 Å². The van der Waals surface area contributed by atoms with E-state index in [1.807, 2.05) is 0 Å². The molecule has 0 spiro atoms. The number of ether oxygens (including phenoxy) is 1. The highest BCUT2D eigenvalue weighted by Crippen LogP contribution is 2.07. The summed E-state index contributed by atoms with van der Waals surface area (Å²) in [7, 11) is 0. The Bertz CT molecular complexity index is 137. The summed E-state index contributed by atoms with van der Waals surface area (Å²) in [6.45, 7) is 5.73. The summed E-state index contributed by atoms with van der Waals surface area (Å²) in [5.41, 5.74) is 0. The average molecular weight is 244 g/mol. The minimum atomic E-state index is -0.250. The molecular weight excluding hydrogens is 212 g/mol. The zero-order valence-corrected chi connectivity index (χ0v) is 11.9. The van der Waals surface area contributed by atoms with Crippen molar-refractivity contribution < 1.29 is 9.84 Å². The Morgan fingerprint density at radius 1 is 0.824 bits per heavy atom. The molecule has 2 nitrogen and oxygen atoms in total. The first kappa shape index (κ1) is 16.9. The molecule has 17 heavy (non-hydrogen) atoms. The molecule has 0 aromatic rings. The molecule has 1 unspecified atom stereocenters. The Kier molecular flexibility index (Phi) is 13.9. The second kappa shape index (κ2) is 14.0. The molecule has 0 aromatic heterocycles. The van der Waals surface area contributed by atoms with E-state index in [2.05, 4.69) is 13.8 Å². The van der Waals surface area contributed by atoms with Crippen LogP contribution in [0.3, 0.4) is 0 Å². The van der Waals surface area contributed by atoms with Crippen molar-refractivity contribution >= 4 is 0 Å². The molecular formula is C15H32O2. The number of aliphatic hydroxyl groups excluding tert-OH is 1. The van der Waals surface area contributed by atoms with Crippen molar-refractivity contribution in [3.8, 4) is 0 Å². The van der Waals surface area contributed by atoms with Gasteiger partial charge in [-0.3, -0.25) is 0 Å². The predicted molar refractivity (Wildman–Crippen MR) is 74.3 cm³/mol. The maximum Gasteiger partial charge on any atom is 0.0773 e. The lowest BCUT2D eigenvalue weighted by atomic mass is 10.1. The summed E-state index contributed by atoms with van der Waals surface area (Å²) in [5.74, 6) is 0. The van der Waals surface area contributed by atoms with Gasteiger partial charge >= 0.3 is 0 Å². The Balaban J connectivity index is 3.02. The van der Waals surface area contributed by atoms with Crippen molar-refractivity contribution in [2.24, 2.45) is 0 Å². The van der Waals surface area contributed by atoms with Crippen LogP contribution >= 0.6 is 0 Å². The van der Waals surface area contributed by atoms with Crippen LogP contribution in [0.4, 0.5) is 0 Å². The molecule has 0 aliphatic rings. The molecule has 0 aliphatic carbocycles. The van der Waals surface area contributed by atoms with Gasteiger partial charge in [-0.1, -0.05) is 65.2 Å². The largest absolute Gasteiger partial charge is 0.391 e. The normalized spacial score (nSPS) is 12.9. The van der Waals surface area contributed by atoms with Gasteiger partial charge in [0.1, 0.15) is 0 Å². The molecule has 0 heterocycles. The van der Waals surface area contributed by atoms with E-state index in [4.69, 9.17) is 4.74 Å². The summed E-state index contributed by atoms with van der Waals surface area (Å²) in [6, 6.07) is 0. The van der Waals surface area contributed by atoms with Crippen molar-refractivity contribution in [3.63, 3.8) is 0 Å². The van der Waals surface area contributed by atoms with Gasteiger partial charge in [-0.25, -0.2) is 0 Å². The lowest BCUT2D eigenvalue weighted by Gasteiger charge is -2.10. The van der Waals surface area contributed by atoms with E-state index in [0.717, 1.165) is 32.3 Å². The van der Waals surface area contributed by atoms with Crippen LogP contribution in [0.2, 0.25) is 0 Å². The molecule has 0 amide bonds. The van der Waals surface area contributed by atoms with Crippen LogP contribution in [0.25, 0.3) is 0 Å². The fourth-order valence-electron chi connectivity index (χ4n) is 1.90. The zero-order valence-electron chi connectivity index (χ0n) is 11.9. The predicted octanol–water partition coefficient (Wildman–Crippen LogP) is 4.30. The molecule has 2 heteroatoms. The fraction of sp³-hybridized carbons (Fsp3) is 1.00. The van der Waals surface area contributed by atoms with Gasteiger partial charge in [0.15, 0.2) is 0 Å². The molecule has 0 aliphatic heterocycles. The summed E-state index contributed by atoms with van der Waals surface area (Å²) in [6.07, 6.45) is 12.1. The lowest BCUT2D eigenvalue weighted by Crippen LogP contribution is -2.15. The average Bonchev–Trinajstić information content (AvgIpc) is 2.34. The van der Waals surface area contributed by atoms with Gasteiger partial charge in [0.25, 0.3) is 0 Å². The van der Waals surface area contributed by atoms with E-state index in [1.54, 1.807) is 0 Å².